The Balaban J connectivity index is 2.88. The minimum atomic E-state index is -1.38. The van der Waals surface area contributed by atoms with Crippen molar-refractivity contribution in [3.8, 4) is 11.5 Å². The van der Waals surface area contributed by atoms with E-state index in [1.54, 1.807) is 26.0 Å². The number of carbonyl (C=O) groups is 2. The Kier molecular flexibility index (Phi) is 6.91. The highest BCUT2D eigenvalue weighted by atomic mass is 16.7. The lowest BCUT2D eigenvalue weighted by Crippen LogP contribution is -2.20. The van der Waals surface area contributed by atoms with E-state index in [1.165, 1.54) is 20.4 Å². The van der Waals surface area contributed by atoms with Gasteiger partial charge in [0.1, 0.15) is 22.4 Å². The maximum atomic E-state index is 12.7. The minimum absolute atomic E-state index is 0.0553. The molecule has 0 radical (unpaired) electrons. The van der Waals surface area contributed by atoms with Crippen LogP contribution in [0.25, 0.3) is 10.9 Å². The average Bonchev–Trinajstić information content (AvgIpc) is 2.63. The second-order valence-electron chi connectivity index (χ2n) is 5.67. The largest absolute Gasteiger partial charge is 0.478 e. The molecule has 1 heterocycles. The van der Waals surface area contributed by atoms with E-state index in [4.69, 9.17) is 23.7 Å². The van der Waals surface area contributed by atoms with Crippen LogP contribution < -0.4 is 9.47 Å². The van der Waals surface area contributed by atoms with Crippen molar-refractivity contribution >= 4 is 22.8 Å². The van der Waals surface area contributed by atoms with E-state index in [-0.39, 0.29) is 36.2 Å². The molecule has 146 valence electrons. The van der Waals surface area contributed by atoms with Gasteiger partial charge in [-0.25, -0.2) is 9.59 Å². The van der Waals surface area contributed by atoms with Gasteiger partial charge in [-0.3, -0.25) is 4.98 Å². The number of rotatable bonds is 9. The summed E-state index contributed by atoms with van der Waals surface area (Å²) in [4.78, 5) is 29.0. The summed E-state index contributed by atoms with van der Waals surface area (Å²) in [5, 5.41) is 10.1. The van der Waals surface area contributed by atoms with Crippen LogP contribution in [-0.2, 0) is 14.2 Å². The predicted octanol–water partition coefficient (Wildman–Crippen LogP) is 2.46. The van der Waals surface area contributed by atoms with Gasteiger partial charge in [-0.2, -0.15) is 0 Å². The van der Waals surface area contributed by atoms with Gasteiger partial charge in [-0.1, -0.05) is 0 Å². The van der Waals surface area contributed by atoms with Crippen molar-refractivity contribution in [2.75, 3.05) is 27.8 Å². The van der Waals surface area contributed by atoms with Gasteiger partial charge in [0, 0.05) is 25.8 Å². The number of carbonyl (C=O) groups excluding carboxylic acids is 1. The van der Waals surface area contributed by atoms with Gasteiger partial charge in [0.15, 0.2) is 19.3 Å². The van der Waals surface area contributed by atoms with Crippen LogP contribution in [0.4, 0.5) is 0 Å². The van der Waals surface area contributed by atoms with E-state index in [1.807, 2.05) is 0 Å². The lowest BCUT2D eigenvalue weighted by molar-refractivity contribution is 0.0323. The highest BCUT2D eigenvalue weighted by Gasteiger charge is 2.32. The summed E-state index contributed by atoms with van der Waals surface area (Å²) < 4.78 is 26.0. The van der Waals surface area contributed by atoms with Crippen LogP contribution in [0, 0.1) is 0 Å². The molecule has 0 bridgehead atoms. The number of hydrogen-bond donors (Lipinski definition) is 1. The molecule has 0 unspecified atom stereocenters. The van der Waals surface area contributed by atoms with Crippen molar-refractivity contribution in [3.63, 3.8) is 0 Å². The Hall–Kier alpha value is -2.91. The Morgan fingerprint density at radius 1 is 1.07 bits per heavy atom. The first-order valence-corrected chi connectivity index (χ1v) is 8.04. The molecule has 0 aliphatic carbocycles. The molecule has 0 spiro atoms. The van der Waals surface area contributed by atoms with Gasteiger partial charge in [-0.15, -0.1) is 0 Å². The maximum absolute atomic E-state index is 12.7. The minimum Gasteiger partial charge on any atom is -0.478 e. The van der Waals surface area contributed by atoms with Crippen LogP contribution in [0.1, 0.15) is 34.6 Å². The third kappa shape index (κ3) is 4.44. The van der Waals surface area contributed by atoms with Crippen molar-refractivity contribution in [1.29, 1.82) is 0 Å². The van der Waals surface area contributed by atoms with Crippen LogP contribution in [0.15, 0.2) is 18.3 Å². The third-order valence-corrected chi connectivity index (χ3v) is 3.37. The van der Waals surface area contributed by atoms with E-state index < -0.39 is 23.6 Å². The van der Waals surface area contributed by atoms with Gasteiger partial charge in [-0.05, 0) is 26.0 Å². The lowest BCUT2D eigenvalue weighted by Gasteiger charge is -2.19. The van der Waals surface area contributed by atoms with Crippen LogP contribution in [0.3, 0.4) is 0 Å². The van der Waals surface area contributed by atoms with Crippen molar-refractivity contribution in [3.05, 3.63) is 29.5 Å². The number of fused-ring (bicyclic) bond motifs is 1. The number of aromatic carboxylic acids is 1. The van der Waals surface area contributed by atoms with E-state index in [0.717, 1.165) is 0 Å². The Morgan fingerprint density at radius 3 is 2.26 bits per heavy atom. The third-order valence-electron chi connectivity index (χ3n) is 3.37. The zero-order valence-corrected chi connectivity index (χ0v) is 15.5. The normalized spacial score (nSPS) is 10.9. The molecule has 0 saturated heterocycles. The molecule has 0 aliphatic rings. The highest BCUT2D eigenvalue weighted by Crippen LogP contribution is 2.40. The number of ether oxygens (including phenoxy) is 5. The number of benzene rings is 1. The predicted molar refractivity (Wildman–Crippen MR) is 94.3 cm³/mol. The topological polar surface area (TPSA) is 113 Å². The summed E-state index contributed by atoms with van der Waals surface area (Å²) in [5.74, 6) is -2.37. The molecule has 9 heteroatoms. The highest BCUT2D eigenvalue weighted by molar-refractivity contribution is 6.13. The quantitative estimate of drug-likeness (QED) is 0.518. The fraction of sp³-hybridized carbons (Fsp3) is 0.389. The number of carboxylic acids is 1. The second-order valence-corrected chi connectivity index (χ2v) is 5.67. The molecule has 0 fully saturated rings. The molecule has 0 saturated carbocycles. The molecule has 1 aromatic carbocycles. The molecular weight excluding hydrogens is 358 g/mol. The van der Waals surface area contributed by atoms with E-state index in [9.17, 15) is 14.7 Å². The standard InChI is InChI=1S/C18H21NO8/c1-10(2)27-18(22)13-12(17(20)21)15(25-8-23-3)11-6-5-7-19-14(11)16(13)26-9-24-4/h5-7,10H,8-9H2,1-4H3,(H,20,21). The first kappa shape index (κ1) is 20.4. The van der Waals surface area contributed by atoms with Gasteiger partial charge in [0.25, 0.3) is 0 Å². The molecule has 0 amide bonds. The molecular formula is C18H21NO8. The Bertz CT molecular complexity index is 834. The Morgan fingerprint density at radius 2 is 1.70 bits per heavy atom. The number of aromatic nitrogens is 1. The van der Waals surface area contributed by atoms with Crippen molar-refractivity contribution in [2.45, 2.75) is 20.0 Å². The first-order valence-electron chi connectivity index (χ1n) is 8.04. The summed E-state index contributed by atoms with van der Waals surface area (Å²) in [6.07, 6.45) is 1.01. The summed E-state index contributed by atoms with van der Waals surface area (Å²) in [7, 11) is 2.79. The monoisotopic (exact) mass is 379 g/mol. The van der Waals surface area contributed by atoms with Crippen molar-refractivity contribution in [1.82, 2.24) is 4.98 Å². The summed E-state index contributed by atoms with van der Waals surface area (Å²) in [6.45, 7) is 2.86. The van der Waals surface area contributed by atoms with Crippen molar-refractivity contribution in [2.24, 2.45) is 0 Å². The lowest BCUT2D eigenvalue weighted by atomic mass is 10.00. The number of esters is 1. The van der Waals surface area contributed by atoms with Gasteiger partial charge in [0.2, 0.25) is 0 Å². The summed E-state index contributed by atoms with van der Waals surface area (Å²) in [5.41, 5.74) is -0.462. The molecule has 0 atom stereocenters. The molecule has 1 N–H and O–H groups in total. The number of methoxy groups -OCH3 is 2. The SMILES string of the molecule is COCOc1c(C(=O)O)c(C(=O)OC(C)C)c(OCOC)c2ncccc12. The van der Waals surface area contributed by atoms with Crippen molar-refractivity contribution < 1.29 is 38.4 Å². The van der Waals surface area contributed by atoms with Gasteiger partial charge >= 0.3 is 11.9 Å². The maximum Gasteiger partial charge on any atom is 0.343 e. The van der Waals surface area contributed by atoms with Crippen LogP contribution in [-0.4, -0.2) is 55.9 Å². The zero-order chi connectivity index (χ0) is 20.0. The Labute approximate surface area is 155 Å². The second kappa shape index (κ2) is 9.15. The fourth-order valence-electron chi connectivity index (χ4n) is 2.45. The van der Waals surface area contributed by atoms with Crippen LogP contribution in [0.2, 0.25) is 0 Å². The summed E-state index contributed by atoms with van der Waals surface area (Å²) >= 11 is 0. The zero-order valence-electron chi connectivity index (χ0n) is 15.5. The van der Waals surface area contributed by atoms with E-state index in [0.29, 0.717) is 5.39 Å². The first-order chi connectivity index (χ1) is 12.9. The average molecular weight is 379 g/mol. The molecule has 1 aromatic heterocycles. The van der Waals surface area contributed by atoms with E-state index in [2.05, 4.69) is 4.98 Å². The van der Waals surface area contributed by atoms with Crippen LogP contribution >= 0.6 is 0 Å². The molecule has 9 nitrogen and oxygen atoms in total. The van der Waals surface area contributed by atoms with E-state index >= 15 is 0 Å². The van der Waals surface area contributed by atoms with Crippen LogP contribution in [0.5, 0.6) is 11.5 Å². The molecule has 27 heavy (non-hydrogen) atoms. The van der Waals surface area contributed by atoms with Gasteiger partial charge in [0.05, 0.1) is 6.10 Å². The molecule has 2 aromatic rings. The molecule has 2 rings (SSSR count). The molecule has 0 aliphatic heterocycles. The number of pyridine rings is 1. The van der Waals surface area contributed by atoms with Gasteiger partial charge < -0.3 is 28.8 Å². The number of carboxylic acid groups (broad SMARTS) is 1. The fourth-order valence-corrected chi connectivity index (χ4v) is 2.45. The summed E-state index contributed by atoms with van der Waals surface area (Å²) in [6, 6.07) is 3.22. The smallest absolute Gasteiger partial charge is 0.343 e. The number of hydrogen-bond acceptors (Lipinski definition) is 8. The number of nitrogens with zero attached hydrogens (tertiary/aromatic N) is 1.